The first-order valence-corrected chi connectivity index (χ1v) is 1.86. The van der Waals surface area contributed by atoms with E-state index in [4.69, 9.17) is 10.2 Å². The summed E-state index contributed by atoms with van der Waals surface area (Å²) >= 11 is 0. The third-order valence-electron chi connectivity index (χ3n) is 0.570. The average Bonchev–Trinajstić information content (AvgIpc) is 1.64. The van der Waals surface area contributed by atoms with Crippen LogP contribution in [0.15, 0.2) is 11.9 Å². The Labute approximate surface area is 67.5 Å². The van der Waals surface area contributed by atoms with E-state index in [-0.39, 0.29) is 18.9 Å². The van der Waals surface area contributed by atoms with Crippen LogP contribution in [0, 0.1) is 0 Å². The monoisotopic (exact) mass is 142 g/mol. The van der Waals surface area contributed by atoms with Gasteiger partial charge in [-0.05, 0) is 0 Å². The zero-order valence-corrected chi connectivity index (χ0v) is 4.17. The summed E-state index contributed by atoms with van der Waals surface area (Å²) < 4.78 is 11.2. The molecule has 0 unspecified atom stereocenters. The molecule has 0 fully saturated rings. The van der Waals surface area contributed by atoms with Crippen LogP contribution in [-0.4, -0.2) is 41.0 Å². The molecule has 0 heterocycles. The van der Waals surface area contributed by atoms with Gasteiger partial charge < -0.3 is 10.2 Å². The Morgan fingerprint density at radius 1 is 1.20 bits per heavy atom. The molecule has 0 saturated carbocycles. The molecule has 0 radical (unpaired) electrons. The standard InChI is InChI=1S/C4H3FO4.Li.H/c5-1-2(3(6)7)4(8)9;;/h1H,(H,6,7)(H,8,9);;. The molecule has 0 bridgehead atoms. The van der Waals surface area contributed by atoms with Crippen molar-refractivity contribution in [1.82, 2.24) is 0 Å². The van der Waals surface area contributed by atoms with Gasteiger partial charge in [-0.2, -0.15) is 0 Å². The normalized spacial score (nSPS) is 7.30. The number of carbonyl (C=O) groups is 2. The maximum atomic E-state index is 11.2. The van der Waals surface area contributed by atoms with E-state index in [0.29, 0.717) is 0 Å². The van der Waals surface area contributed by atoms with Gasteiger partial charge in [-0.15, -0.1) is 0 Å². The van der Waals surface area contributed by atoms with Crippen molar-refractivity contribution < 1.29 is 24.2 Å². The molecule has 4 nitrogen and oxygen atoms in total. The Morgan fingerprint density at radius 3 is 1.50 bits per heavy atom. The van der Waals surface area contributed by atoms with Crippen molar-refractivity contribution in [3.63, 3.8) is 0 Å². The van der Waals surface area contributed by atoms with Gasteiger partial charge in [-0.3, -0.25) is 0 Å². The molecular weight excluding hydrogens is 138 g/mol. The van der Waals surface area contributed by atoms with Crippen molar-refractivity contribution in [1.29, 1.82) is 0 Å². The van der Waals surface area contributed by atoms with Crippen LogP contribution in [-0.2, 0) is 9.59 Å². The van der Waals surface area contributed by atoms with Crippen molar-refractivity contribution in [3.8, 4) is 0 Å². The third kappa shape index (κ3) is 3.28. The minimum atomic E-state index is -1.79. The molecule has 10 heavy (non-hydrogen) atoms. The second-order valence-corrected chi connectivity index (χ2v) is 1.13. The zero-order chi connectivity index (χ0) is 7.44. The Balaban J connectivity index is 0. The first kappa shape index (κ1) is 11.9. The summed E-state index contributed by atoms with van der Waals surface area (Å²) in [5, 5.41) is 15.7. The Kier molecular flexibility index (Phi) is 6.00. The first-order valence-electron chi connectivity index (χ1n) is 1.86. The third-order valence-corrected chi connectivity index (χ3v) is 0.570. The molecule has 0 aromatic heterocycles. The molecule has 0 amide bonds. The van der Waals surface area contributed by atoms with Crippen molar-refractivity contribution in [2.75, 3.05) is 0 Å². The summed E-state index contributed by atoms with van der Waals surface area (Å²) in [5.41, 5.74) is -1.27. The van der Waals surface area contributed by atoms with Gasteiger partial charge in [0.25, 0.3) is 0 Å². The van der Waals surface area contributed by atoms with Crippen LogP contribution in [0.1, 0.15) is 0 Å². The topological polar surface area (TPSA) is 74.6 Å². The number of carboxylic acid groups (broad SMARTS) is 2. The molecule has 52 valence electrons. The molecule has 0 atom stereocenters. The first-order chi connectivity index (χ1) is 4.09. The van der Waals surface area contributed by atoms with Gasteiger partial charge in [0, 0.05) is 0 Å². The SMILES string of the molecule is O=C(O)C(=CF)C(=O)O.[LiH]. The van der Waals surface area contributed by atoms with E-state index in [1.54, 1.807) is 0 Å². The van der Waals surface area contributed by atoms with Gasteiger partial charge in [-0.25, -0.2) is 14.0 Å². The fourth-order valence-corrected chi connectivity index (χ4v) is 0.185. The van der Waals surface area contributed by atoms with E-state index in [1.807, 2.05) is 0 Å². The zero-order valence-electron chi connectivity index (χ0n) is 4.17. The molecule has 0 rings (SSSR count). The number of carboxylic acids is 2. The van der Waals surface area contributed by atoms with Crippen LogP contribution < -0.4 is 0 Å². The molecule has 6 heteroatoms. The number of halogens is 1. The summed E-state index contributed by atoms with van der Waals surface area (Å²) in [5.74, 6) is -3.57. The van der Waals surface area contributed by atoms with Gasteiger partial charge in [-0.1, -0.05) is 0 Å². The van der Waals surface area contributed by atoms with Crippen LogP contribution in [0.5, 0.6) is 0 Å². The van der Waals surface area contributed by atoms with Gasteiger partial charge in [0.05, 0.1) is 0 Å². The van der Waals surface area contributed by atoms with Gasteiger partial charge in [0.1, 0.15) is 6.33 Å². The van der Waals surface area contributed by atoms with Crippen molar-refractivity contribution in [2.45, 2.75) is 0 Å². The molecule has 0 aromatic rings. The van der Waals surface area contributed by atoms with E-state index in [0.717, 1.165) is 0 Å². The molecule has 0 aliphatic carbocycles. The summed E-state index contributed by atoms with van der Waals surface area (Å²) in [4.78, 5) is 19.4. The predicted octanol–water partition coefficient (Wildman–Crippen LogP) is -0.639. The van der Waals surface area contributed by atoms with Crippen LogP contribution in [0.4, 0.5) is 4.39 Å². The van der Waals surface area contributed by atoms with Crippen LogP contribution in [0.2, 0.25) is 0 Å². The fourth-order valence-electron chi connectivity index (χ4n) is 0.185. The summed E-state index contributed by atoms with van der Waals surface area (Å²) in [6, 6.07) is 0. The number of hydrogen-bond donors (Lipinski definition) is 2. The Hall–Kier alpha value is -0.793. The fraction of sp³-hybridized carbons (Fsp3) is 0. The second kappa shape index (κ2) is 5.03. The summed E-state index contributed by atoms with van der Waals surface area (Å²) in [6.07, 6.45) is -0.468. The van der Waals surface area contributed by atoms with Gasteiger partial charge >= 0.3 is 30.8 Å². The van der Waals surface area contributed by atoms with E-state index >= 15 is 0 Å². The van der Waals surface area contributed by atoms with E-state index in [1.165, 1.54) is 0 Å². The molecule has 0 aromatic carbocycles. The minimum absolute atomic E-state index is 0. The predicted molar refractivity (Wildman–Crippen MR) is 31.6 cm³/mol. The maximum absolute atomic E-state index is 11.2. The van der Waals surface area contributed by atoms with Gasteiger partial charge in [0.2, 0.25) is 0 Å². The summed E-state index contributed by atoms with van der Waals surface area (Å²) in [7, 11) is 0. The number of hydrogen-bond acceptors (Lipinski definition) is 2. The van der Waals surface area contributed by atoms with Crippen molar-refractivity contribution in [2.24, 2.45) is 0 Å². The molecule has 0 saturated heterocycles. The van der Waals surface area contributed by atoms with Crippen molar-refractivity contribution in [3.05, 3.63) is 11.9 Å². The molecular formula is C4H4FLiO4. The van der Waals surface area contributed by atoms with Crippen LogP contribution >= 0.6 is 0 Å². The average molecular weight is 142 g/mol. The van der Waals surface area contributed by atoms with Gasteiger partial charge in [0.15, 0.2) is 5.57 Å². The molecule has 0 aliphatic heterocycles. The number of aliphatic carboxylic acids is 2. The quantitative estimate of drug-likeness (QED) is 0.233. The van der Waals surface area contributed by atoms with Crippen LogP contribution in [0.3, 0.4) is 0 Å². The molecule has 0 spiro atoms. The Morgan fingerprint density at radius 2 is 1.50 bits per heavy atom. The molecule has 0 aliphatic rings. The van der Waals surface area contributed by atoms with Crippen molar-refractivity contribution >= 4 is 30.8 Å². The van der Waals surface area contributed by atoms with E-state index < -0.39 is 23.8 Å². The second-order valence-electron chi connectivity index (χ2n) is 1.13. The summed E-state index contributed by atoms with van der Waals surface area (Å²) in [6.45, 7) is 0. The van der Waals surface area contributed by atoms with E-state index in [9.17, 15) is 14.0 Å². The van der Waals surface area contributed by atoms with Crippen LogP contribution in [0.25, 0.3) is 0 Å². The molecule has 2 N–H and O–H groups in total. The Bertz CT molecular complexity index is 160. The number of rotatable bonds is 2. The van der Waals surface area contributed by atoms with E-state index in [2.05, 4.69) is 0 Å².